The standard InChI is InChI=1S/C17H17N3O4/c1-10-15-12(17(22)20-6-2-4-11(20)9-21)8-13(14-5-3-7-23-14)18-16(15)24-19-10/h3,5,7-8,11,21H,2,4,6,9H2,1H3/t11-/m1/s1. The minimum Gasteiger partial charge on any atom is -0.463 e. The quantitative estimate of drug-likeness (QED) is 0.794. The second kappa shape index (κ2) is 5.76. The van der Waals surface area contributed by atoms with Crippen LogP contribution in [0.2, 0.25) is 0 Å². The van der Waals surface area contributed by atoms with Crippen LogP contribution in [-0.2, 0) is 0 Å². The lowest BCUT2D eigenvalue weighted by molar-refractivity contribution is 0.0679. The third kappa shape index (κ3) is 2.28. The lowest BCUT2D eigenvalue weighted by Crippen LogP contribution is -2.37. The first-order valence-corrected chi connectivity index (χ1v) is 7.91. The maximum absolute atomic E-state index is 13.1. The summed E-state index contributed by atoms with van der Waals surface area (Å²) in [7, 11) is 0. The molecule has 1 N–H and O–H groups in total. The van der Waals surface area contributed by atoms with Crippen molar-refractivity contribution >= 4 is 17.0 Å². The van der Waals surface area contributed by atoms with E-state index in [2.05, 4.69) is 10.1 Å². The first kappa shape index (κ1) is 14.9. The van der Waals surface area contributed by atoms with Crippen molar-refractivity contribution in [2.24, 2.45) is 0 Å². The molecule has 7 nitrogen and oxygen atoms in total. The number of rotatable bonds is 3. The lowest BCUT2D eigenvalue weighted by Gasteiger charge is -2.23. The molecule has 1 amide bonds. The number of fused-ring (bicyclic) bond motifs is 1. The number of aliphatic hydroxyl groups is 1. The van der Waals surface area contributed by atoms with Crippen molar-refractivity contribution in [3.05, 3.63) is 35.7 Å². The zero-order chi connectivity index (χ0) is 16.7. The Balaban J connectivity index is 1.86. The summed E-state index contributed by atoms with van der Waals surface area (Å²) in [5.41, 5.74) is 1.92. The van der Waals surface area contributed by atoms with Crippen molar-refractivity contribution in [1.82, 2.24) is 15.0 Å². The zero-order valence-corrected chi connectivity index (χ0v) is 13.2. The Bertz CT molecular complexity index is 885. The summed E-state index contributed by atoms with van der Waals surface area (Å²) in [6, 6.07) is 5.10. The molecule has 0 bridgehead atoms. The molecule has 0 saturated carbocycles. The molecule has 1 fully saturated rings. The lowest BCUT2D eigenvalue weighted by atomic mass is 10.1. The molecule has 1 saturated heterocycles. The van der Waals surface area contributed by atoms with Gasteiger partial charge in [-0.15, -0.1) is 0 Å². The van der Waals surface area contributed by atoms with Gasteiger partial charge in [0.25, 0.3) is 11.6 Å². The number of furan rings is 1. The second-order valence-corrected chi connectivity index (χ2v) is 5.96. The number of nitrogens with zero attached hydrogens (tertiary/aromatic N) is 3. The molecule has 3 aromatic rings. The largest absolute Gasteiger partial charge is 0.463 e. The fraction of sp³-hybridized carbons (Fsp3) is 0.353. The van der Waals surface area contributed by atoms with Crippen LogP contribution in [0.5, 0.6) is 0 Å². The van der Waals surface area contributed by atoms with E-state index in [0.29, 0.717) is 40.4 Å². The Kier molecular flexibility index (Phi) is 3.57. The van der Waals surface area contributed by atoms with E-state index >= 15 is 0 Å². The summed E-state index contributed by atoms with van der Waals surface area (Å²) >= 11 is 0. The topological polar surface area (TPSA) is 92.6 Å². The van der Waals surface area contributed by atoms with Gasteiger partial charge in [-0.2, -0.15) is 0 Å². The van der Waals surface area contributed by atoms with E-state index in [9.17, 15) is 9.90 Å². The summed E-state index contributed by atoms with van der Waals surface area (Å²) < 4.78 is 10.7. The molecular weight excluding hydrogens is 310 g/mol. The van der Waals surface area contributed by atoms with Crippen molar-refractivity contribution in [2.45, 2.75) is 25.8 Å². The minimum absolute atomic E-state index is 0.0341. The maximum Gasteiger partial charge on any atom is 0.259 e. The minimum atomic E-state index is -0.145. The van der Waals surface area contributed by atoms with Gasteiger partial charge in [0.05, 0.1) is 35.6 Å². The SMILES string of the molecule is Cc1noc2nc(-c3ccco3)cc(C(=O)N3CCC[C@@H]3CO)c12. The van der Waals surface area contributed by atoms with Crippen LogP contribution in [0.15, 0.2) is 33.4 Å². The summed E-state index contributed by atoms with van der Waals surface area (Å²) in [6.45, 7) is 2.38. The first-order chi connectivity index (χ1) is 11.7. The van der Waals surface area contributed by atoms with Crippen LogP contribution >= 0.6 is 0 Å². The summed E-state index contributed by atoms with van der Waals surface area (Å²) in [4.78, 5) is 19.2. The van der Waals surface area contributed by atoms with Crippen LogP contribution in [0.1, 0.15) is 28.9 Å². The van der Waals surface area contributed by atoms with Gasteiger partial charge >= 0.3 is 0 Å². The maximum atomic E-state index is 13.1. The Labute approximate surface area is 137 Å². The molecule has 7 heteroatoms. The van der Waals surface area contributed by atoms with Gasteiger partial charge in [-0.1, -0.05) is 5.16 Å². The van der Waals surface area contributed by atoms with E-state index in [-0.39, 0.29) is 18.6 Å². The van der Waals surface area contributed by atoms with Gasteiger partial charge in [0.1, 0.15) is 5.69 Å². The number of hydrogen-bond donors (Lipinski definition) is 1. The Morgan fingerprint density at radius 2 is 2.38 bits per heavy atom. The predicted octanol–water partition coefficient (Wildman–Crippen LogP) is 2.39. The number of amides is 1. The molecule has 0 spiro atoms. The van der Waals surface area contributed by atoms with Crippen molar-refractivity contribution in [3.63, 3.8) is 0 Å². The molecule has 4 heterocycles. The van der Waals surface area contributed by atoms with Crippen LogP contribution < -0.4 is 0 Å². The summed E-state index contributed by atoms with van der Waals surface area (Å²) in [5.74, 6) is 0.415. The van der Waals surface area contributed by atoms with Crippen LogP contribution in [0.25, 0.3) is 22.6 Å². The van der Waals surface area contributed by atoms with Crippen LogP contribution in [0, 0.1) is 6.92 Å². The molecular formula is C17H17N3O4. The number of pyridine rings is 1. The molecule has 124 valence electrons. The molecule has 3 aromatic heterocycles. The Morgan fingerprint density at radius 3 is 3.12 bits per heavy atom. The number of likely N-dealkylation sites (tertiary alicyclic amines) is 1. The van der Waals surface area contributed by atoms with Gasteiger partial charge in [0, 0.05) is 6.54 Å². The predicted molar refractivity (Wildman–Crippen MR) is 85.4 cm³/mol. The van der Waals surface area contributed by atoms with Crippen molar-refractivity contribution in [2.75, 3.05) is 13.2 Å². The molecule has 1 atom stereocenters. The van der Waals surface area contributed by atoms with E-state index in [4.69, 9.17) is 8.94 Å². The van der Waals surface area contributed by atoms with Gasteiger partial charge < -0.3 is 18.9 Å². The van der Waals surface area contributed by atoms with E-state index in [1.165, 1.54) is 0 Å². The first-order valence-electron chi connectivity index (χ1n) is 7.91. The molecule has 1 aliphatic rings. The smallest absolute Gasteiger partial charge is 0.259 e. The molecule has 0 aliphatic carbocycles. The average Bonchev–Trinajstić information content (AvgIpc) is 3.34. The van der Waals surface area contributed by atoms with E-state index in [1.807, 2.05) is 0 Å². The number of aromatic nitrogens is 2. The number of aryl methyl sites for hydroxylation is 1. The Hall–Kier alpha value is -2.67. The van der Waals surface area contributed by atoms with Gasteiger partial charge in [-0.3, -0.25) is 4.79 Å². The van der Waals surface area contributed by atoms with Crippen molar-refractivity contribution < 1.29 is 18.8 Å². The molecule has 0 aromatic carbocycles. The van der Waals surface area contributed by atoms with E-state index < -0.39 is 0 Å². The van der Waals surface area contributed by atoms with Gasteiger partial charge in [0.15, 0.2) is 5.76 Å². The number of aliphatic hydroxyl groups excluding tert-OH is 1. The highest BCUT2D eigenvalue weighted by atomic mass is 16.5. The van der Waals surface area contributed by atoms with Crippen LogP contribution in [0.3, 0.4) is 0 Å². The highest BCUT2D eigenvalue weighted by Gasteiger charge is 2.31. The molecule has 4 rings (SSSR count). The van der Waals surface area contributed by atoms with Crippen molar-refractivity contribution in [1.29, 1.82) is 0 Å². The molecule has 24 heavy (non-hydrogen) atoms. The Morgan fingerprint density at radius 1 is 1.50 bits per heavy atom. The highest BCUT2D eigenvalue weighted by Crippen LogP contribution is 2.30. The van der Waals surface area contributed by atoms with Gasteiger partial charge in [0.2, 0.25) is 0 Å². The monoisotopic (exact) mass is 327 g/mol. The van der Waals surface area contributed by atoms with Gasteiger partial charge in [-0.25, -0.2) is 4.98 Å². The molecule has 1 aliphatic heterocycles. The highest BCUT2D eigenvalue weighted by molar-refractivity contribution is 6.07. The fourth-order valence-corrected chi connectivity index (χ4v) is 3.26. The third-order valence-corrected chi connectivity index (χ3v) is 4.47. The van der Waals surface area contributed by atoms with Gasteiger partial charge in [-0.05, 0) is 38.0 Å². The molecule has 0 unspecified atom stereocenters. The normalized spacial score (nSPS) is 17.8. The summed E-state index contributed by atoms with van der Waals surface area (Å²) in [5, 5.41) is 14.1. The molecule has 0 radical (unpaired) electrons. The average molecular weight is 327 g/mol. The number of carbonyl (C=O) groups is 1. The van der Waals surface area contributed by atoms with Crippen LogP contribution in [-0.4, -0.2) is 45.2 Å². The van der Waals surface area contributed by atoms with E-state index in [1.54, 1.807) is 36.3 Å². The van der Waals surface area contributed by atoms with Crippen LogP contribution in [0.4, 0.5) is 0 Å². The number of hydrogen-bond acceptors (Lipinski definition) is 6. The summed E-state index contributed by atoms with van der Waals surface area (Å²) in [6.07, 6.45) is 3.25. The third-order valence-electron chi connectivity index (χ3n) is 4.47. The second-order valence-electron chi connectivity index (χ2n) is 5.96. The van der Waals surface area contributed by atoms with E-state index in [0.717, 1.165) is 12.8 Å². The fourth-order valence-electron chi connectivity index (χ4n) is 3.26. The van der Waals surface area contributed by atoms with Crippen molar-refractivity contribution in [3.8, 4) is 11.5 Å². The number of carbonyl (C=O) groups excluding carboxylic acids is 1. The zero-order valence-electron chi connectivity index (χ0n) is 13.2.